The summed E-state index contributed by atoms with van der Waals surface area (Å²) in [5.41, 5.74) is 1.81. The minimum Gasteiger partial charge on any atom is -0.444 e. The van der Waals surface area contributed by atoms with Crippen LogP contribution in [0.5, 0.6) is 0 Å². The van der Waals surface area contributed by atoms with E-state index in [1.165, 1.54) is 24.3 Å². The fourth-order valence-electron chi connectivity index (χ4n) is 3.12. The van der Waals surface area contributed by atoms with Crippen LogP contribution >= 0.6 is 0 Å². The highest BCUT2D eigenvalue weighted by molar-refractivity contribution is 7.87. The zero-order chi connectivity index (χ0) is 23.5. The lowest BCUT2D eigenvalue weighted by molar-refractivity contribution is 0.0670. The molecule has 0 aliphatic carbocycles. The summed E-state index contributed by atoms with van der Waals surface area (Å²) in [5, 5.41) is 2.50. The van der Waals surface area contributed by atoms with Crippen molar-refractivity contribution in [3.05, 3.63) is 59.7 Å². The third-order valence-electron chi connectivity index (χ3n) is 5.01. The number of nitrogens with one attached hydrogen (secondary N) is 1. The lowest BCUT2D eigenvalue weighted by atomic mass is 10.00. The number of benzene rings is 2. The maximum absolute atomic E-state index is 12.4. The van der Waals surface area contributed by atoms with Crippen LogP contribution < -0.4 is 5.32 Å². The first-order valence-electron chi connectivity index (χ1n) is 9.87. The van der Waals surface area contributed by atoms with E-state index in [9.17, 15) is 21.6 Å². The molecule has 1 aliphatic rings. The van der Waals surface area contributed by atoms with Gasteiger partial charge in [-0.2, -0.15) is 16.8 Å². The second-order valence-electron chi connectivity index (χ2n) is 7.70. The van der Waals surface area contributed by atoms with Crippen molar-refractivity contribution >= 4 is 26.3 Å². The van der Waals surface area contributed by atoms with Gasteiger partial charge >= 0.3 is 6.09 Å². The molecule has 1 fully saturated rings. The van der Waals surface area contributed by atoms with E-state index in [-0.39, 0.29) is 23.0 Å². The minimum atomic E-state index is -4.04. The Bertz CT molecular complexity index is 1160. The van der Waals surface area contributed by atoms with Gasteiger partial charge in [0.05, 0.1) is 29.0 Å². The quantitative estimate of drug-likeness (QED) is 0.540. The summed E-state index contributed by atoms with van der Waals surface area (Å²) in [7, 11) is -8.04. The van der Waals surface area contributed by atoms with E-state index in [0.29, 0.717) is 0 Å². The van der Waals surface area contributed by atoms with Crippen LogP contribution in [0.3, 0.4) is 0 Å². The van der Waals surface area contributed by atoms with Gasteiger partial charge in [-0.15, -0.1) is 0 Å². The largest absolute Gasteiger partial charge is 0.444 e. The van der Waals surface area contributed by atoms with Crippen LogP contribution in [-0.4, -0.2) is 48.3 Å². The summed E-state index contributed by atoms with van der Waals surface area (Å²) < 4.78 is 65.1. The molecule has 0 spiro atoms. The van der Waals surface area contributed by atoms with E-state index >= 15 is 0 Å². The van der Waals surface area contributed by atoms with Gasteiger partial charge in [-0.05, 0) is 38.1 Å². The molecule has 174 valence electrons. The van der Waals surface area contributed by atoms with Crippen molar-refractivity contribution in [3.63, 3.8) is 0 Å². The van der Waals surface area contributed by atoms with Crippen LogP contribution in [0.15, 0.2) is 58.3 Å². The first-order valence-corrected chi connectivity index (χ1v) is 12.7. The van der Waals surface area contributed by atoms with Gasteiger partial charge in [0.15, 0.2) is 0 Å². The molecule has 1 aliphatic heterocycles. The standard InChI is InChI=1S/C21H25NO8S2/c1-14-4-8-17(9-5-14)31(24,25)28-12-16(3)20-19(22-21(23)30-20)13-29-32(26,27)18-10-6-15(2)7-11-18/h4-11,16,19-20H,12-13H2,1-3H3,(H,22,23)/t16?,19-,20?/m1/s1. The SMILES string of the molecule is Cc1ccc(S(=O)(=O)OCC(C)C2OC(=O)N[C@@H]2COS(=O)(=O)c2ccc(C)cc2)cc1. The molecule has 3 atom stereocenters. The molecular formula is C21H25NO8S2. The molecular weight excluding hydrogens is 458 g/mol. The number of cyclic esters (lactones) is 1. The molecule has 9 nitrogen and oxygen atoms in total. The summed E-state index contributed by atoms with van der Waals surface area (Å²) in [6.45, 7) is 4.66. The Hall–Kier alpha value is -2.47. The number of rotatable bonds is 9. The molecule has 1 saturated heterocycles. The Morgan fingerprint density at radius 1 is 0.875 bits per heavy atom. The highest BCUT2D eigenvalue weighted by Gasteiger charge is 2.39. The average Bonchev–Trinajstić information content (AvgIpc) is 3.12. The molecule has 32 heavy (non-hydrogen) atoms. The normalized spacial score (nSPS) is 19.9. The predicted molar refractivity (Wildman–Crippen MR) is 115 cm³/mol. The van der Waals surface area contributed by atoms with E-state index in [0.717, 1.165) is 11.1 Å². The first kappa shape index (κ1) is 24.2. The van der Waals surface area contributed by atoms with Crippen LogP contribution in [0, 0.1) is 19.8 Å². The van der Waals surface area contributed by atoms with Crippen molar-refractivity contribution < 1.29 is 34.7 Å². The van der Waals surface area contributed by atoms with Gasteiger partial charge in [0.1, 0.15) is 6.10 Å². The first-order chi connectivity index (χ1) is 15.0. The zero-order valence-corrected chi connectivity index (χ0v) is 19.5. The maximum Gasteiger partial charge on any atom is 0.407 e. The van der Waals surface area contributed by atoms with Crippen LogP contribution in [0.1, 0.15) is 18.1 Å². The number of alkyl carbamates (subject to hydrolysis) is 1. The molecule has 0 bridgehead atoms. The monoisotopic (exact) mass is 483 g/mol. The van der Waals surface area contributed by atoms with E-state index in [2.05, 4.69) is 5.32 Å². The molecule has 0 saturated carbocycles. The number of ether oxygens (including phenoxy) is 1. The Balaban J connectivity index is 1.62. The van der Waals surface area contributed by atoms with Crippen LogP contribution in [0.4, 0.5) is 4.79 Å². The van der Waals surface area contributed by atoms with Crippen molar-refractivity contribution in [2.24, 2.45) is 5.92 Å². The van der Waals surface area contributed by atoms with Gasteiger partial charge in [-0.1, -0.05) is 42.3 Å². The van der Waals surface area contributed by atoms with E-state index in [4.69, 9.17) is 13.1 Å². The minimum absolute atomic E-state index is 0.00883. The Morgan fingerprint density at radius 3 is 1.84 bits per heavy atom. The van der Waals surface area contributed by atoms with E-state index in [1.807, 2.05) is 13.8 Å². The molecule has 1 amide bonds. The van der Waals surface area contributed by atoms with Crippen LogP contribution in [0.25, 0.3) is 0 Å². The lowest BCUT2D eigenvalue weighted by Gasteiger charge is -2.22. The third-order valence-corrected chi connectivity index (χ3v) is 7.60. The van der Waals surface area contributed by atoms with E-state index < -0.39 is 44.4 Å². The van der Waals surface area contributed by atoms with Gasteiger partial charge < -0.3 is 10.1 Å². The predicted octanol–water partition coefficient (Wildman–Crippen LogP) is 2.53. The fraction of sp³-hybridized carbons (Fsp3) is 0.381. The third kappa shape index (κ3) is 5.85. The van der Waals surface area contributed by atoms with Crippen molar-refractivity contribution in [3.8, 4) is 0 Å². The topological polar surface area (TPSA) is 125 Å². The van der Waals surface area contributed by atoms with Gasteiger partial charge in [0.2, 0.25) is 0 Å². The second-order valence-corrected chi connectivity index (χ2v) is 10.9. The van der Waals surface area contributed by atoms with Gasteiger partial charge in [0, 0.05) is 5.92 Å². The van der Waals surface area contributed by atoms with Gasteiger partial charge in [0.25, 0.3) is 20.2 Å². The Kier molecular flexibility index (Phi) is 7.23. The van der Waals surface area contributed by atoms with Crippen molar-refractivity contribution in [1.29, 1.82) is 0 Å². The Morgan fingerprint density at radius 2 is 1.34 bits per heavy atom. The molecule has 0 aromatic heterocycles. The summed E-state index contributed by atoms with van der Waals surface area (Å²) in [6, 6.07) is 11.5. The van der Waals surface area contributed by atoms with Gasteiger partial charge in [-0.25, -0.2) is 4.79 Å². The number of aryl methyl sites for hydroxylation is 2. The number of carbonyl (C=O) groups is 1. The summed E-state index contributed by atoms with van der Waals surface area (Å²) in [4.78, 5) is 11.8. The summed E-state index contributed by atoms with van der Waals surface area (Å²) >= 11 is 0. The van der Waals surface area contributed by atoms with E-state index in [1.54, 1.807) is 31.2 Å². The zero-order valence-electron chi connectivity index (χ0n) is 17.8. The van der Waals surface area contributed by atoms with Crippen molar-refractivity contribution in [2.75, 3.05) is 13.2 Å². The highest BCUT2D eigenvalue weighted by Crippen LogP contribution is 2.22. The molecule has 11 heteroatoms. The number of amides is 1. The molecule has 2 aromatic carbocycles. The molecule has 0 radical (unpaired) electrons. The van der Waals surface area contributed by atoms with Crippen LogP contribution in [0.2, 0.25) is 0 Å². The van der Waals surface area contributed by atoms with Crippen molar-refractivity contribution in [2.45, 2.75) is 42.7 Å². The van der Waals surface area contributed by atoms with Crippen LogP contribution in [-0.2, 0) is 33.3 Å². The second kappa shape index (κ2) is 9.57. The smallest absolute Gasteiger partial charge is 0.407 e. The lowest BCUT2D eigenvalue weighted by Crippen LogP contribution is -2.41. The average molecular weight is 484 g/mol. The highest BCUT2D eigenvalue weighted by atomic mass is 32.2. The molecule has 1 N–H and O–H groups in total. The molecule has 2 aromatic rings. The maximum atomic E-state index is 12.4. The molecule has 1 heterocycles. The molecule has 3 rings (SSSR count). The Labute approximate surface area is 187 Å². The fourth-order valence-corrected chi connectivity index (χ4v) is 5.05. The number of hydrogen-bond acceptors (Lipinski definition) is 8. The molecule has 2 unspecified atom stereocenters. The van der Waals surface area contributed by atoms with Crippen molar-refractivity contribution in [1.82, 2.24) is 5.32 Å². The number of carbonyl (C=O) groups excluding carboxylic acids is 1. The summed E-state index contributed by atoms with van der Waals surface area (Å²) in [5.74, 6) is -0.565. The number of hydrogen-bond donors (Lipinski definition) is 1. The van der Waals surface area contributed by atoms with Gasteiger partial charge in [-0.3, -0.25) is 8.37 Å². The summed E-state index contributed by atoms with van der Waals surface area (Å²) in [6.07, 6.45) is -1.59.